The highest BCUT2D eigenvalue weighted by atomic mass is 15.2. The monoisotopic (exact) mass is 237 g/mol. The van der Waals surface area contributed by atoms with Gasteiger partial charge >= 0.3 is 0 Å². The molecule has 3 heteroatoms. The standard InChI is InChI=1S/C15H15N3/c1-2-15-16-13(11-12-7-4-3-5-8-12)14-9-6-10-18(14)17-15/h3-10H,2,11H2,1H3. The lowest BCUT2D eigenvalue weighted by Gasteiger charge is -2.06. The maximum Gasteiger partial charge on any atom is 0.149 e. The first-order valence-corrected chi connectivity index (χ1v) is 6.24. The van der Waals surface area contributed by atoms with E-state index in [-0.39, 0.29) is 0 Å². The number of nitrogens with zero attached hydrogens (tertiary/aromatic N) is 3. The molecule has 3 rings (SSSR count). The van der Waals surface area contributed by atoms with E-state index >= 15 is 0 Å². The zero-order valence-corrected chi connectivity index (χ0v) is 10.4. The Morgan fingerprint density at radius 1 is 1.06 bits per heavy atom. The van der Waals surface area contributed by atoms with Gasteiger partial charge in [-0.2, -0.15) is 5.10 Å². The molecular weight excluding hydrogens is 222 g/mol. The van der Waals surface area contributed by atoms with E-state index in [0.29, 0.717) is 0 Å². The Labute approximate surface area is 106 Å². The van der Waals surface area contributed by atoms with Crippen LogP contribution in [0.5, 0.6) is 0 Å². The molecule has 0 aliphatic rings. The third kappa shape index (κ3) is 1.99. The molecule has 3 aromatic rings. The van der Waals surface area contributed by atoms with Crippen molar-refractivity contribution in [2.24, 2.45) is 0 Å². The summed E-state index contributed by atoms with van der Waals surface area (Å²) in [7, 11) is 0. The fourth-order valence-electron chi connectivity index (χ4n) is 2.12. The Hall–Kier alpha value is -2.16. The summed E-state index contributed by atoms with van der Waals surface area (Å²) in [6.07, 6.45) is 3.68. The van der Waals surface area contributed by atoms with Crippen LogP contribution in [0.15, 0.2) is 48.7 Å². The van der Waals surface area contributed by atoms with Gasteiger partial charge in [0.05, 0.1) is 11.2 Å². The number of fused-ring (bicyclic) bond motifs is 1. The van der Waals surface area contributed by atoms with Gasteiger partial charge in [-0.15, -0.1) is 0 Å². The minimum atomic E-state index is 0.851. The number of hydrogen-bond acceptors (Lipinski definition) is 2. The molecule has 0 fully saturated rings. The predicted octanol–water partition coefficient (Wildman–Crippen LogP) is 2.88. The van der Waals surface area contributed by atoms with Crippen LogP contribution in [0.4, 0.5) is 0 Å². The molecule has 2 aromatic heterocycles. The summed E-state index contributed by atoms with van der Waals surface area (Å²) in [5, 5.41) is 4.46. The van der Waals surface area contributed by atoms with Crippen LogP contribution < -0.4 is 0 Å². The van der Waals surface area contributed by atoms with Crippen LogP contribution in [-0.2, 0) is 12.8 Å². The third-order valence-electron chi connectivity index (χ3n) is 3.04. The van der Waals surface area contributed by atoms with Crippen LogP contribution in [0.25, 0.3) is 5.52 Å². The molecule has 0 spiro atoms. The fourth-order valence-corrected chi connectivity index (χ4v) is 2.12. The van der Waals surface area contributed by atoms with Crippen LogP contribution in [0, 0.1) is 0 Å². The van der Waals surface area contributed by atoms with E-state index < -0.39 is 0 Å². The molecule has 90 valence electrons. The van der Waals surface area contributed by atoms with E-state index in [1.165, 1.54) is 5.56 Å². The van der Waals surface area contributed by atoms with Crippen molar-refractivity contribution < 1.29 is 0 Å². The van der Waals surface area contributed by atoms with E-state index in [4.69, 9.17) is 0 Å². The molecule has 0 N–H and O–H groups in total. The molecule has 18 heavy (non-hydrogen) atoms. The predicted molar refractivity (Wildman–Crippen MR) is 71.6 cm³/mol. The molecule has 0 amide bonds. The number of aromatic nitrogens is 3. The largest absolute Gasteiger partial charge is 0.237 e. The number of hydrogen-bond donors (Lipinski definition) is 0. The van der Waals surface area contributed by atoms with Gasteiger partial charge in [0.2, 0.25) is 0 Å². The second-order valence-electron chi connectivity index (χ2n) is 4.33. The van der Waals surface area contributed by atoms with Crippen molar-refractivity contribution in [1.29, 1.82) is 0 Å². The lowest BCUT2D eigenvalue weighted by Crippen LogP contribution is -2.05. The van der Waals surface area contributed by atoms with Gasteiger partial charge < -0.3 is 0 Å². The number of rotatable bonds is 3. The second kappa shape index (κ2) is 4.61. The lowest BCUT2D eigenvalue weighted by molar-refractivity contribution is 0.790. The van der Waals surface area contributed by atoms with Gasteiger partial charge in [-0.25, -0.2) is 9.50 Å². The highest BCUT2D eigenvalue weighted by Gasteiger charge is 2.07. The highest BCUT2D eigenvalue weighted by molar-refractivity contribution is 5.52. The zero-order chi connectivity index (χ0) is 12.4. The molecule has 0 radical (unpaired) electrons. The van der Waals surface area contributed by atoms with Crippen LogP contribution >= 0.6 is 0 Å². The molecular formula is C15H15N3. The van der Waals surface area contributed by atoms with Gasteiger partial charge in [0.25, 0.3) is 0 Å². The Morgan fingerprint density at radius 2 is 1.89 bits per heavy atom. The average Bonchev–Trinajstić information content (AvgIpc) is 2.88. The molecule has 1 aromatic carbocycles. The van der Waals surface area contributed by atoms with E-state index in [1.807, 2.05) is 22.8 Å². The van der Waals surface area contributed by atoms with Crippen molar-refractivity contribution >= 4 is 5.52 Å². The van der Waals surface area contributed by atoms with Crippen LogP contribution in [0.3, 0.4) is 0 Å². The summed E-state index contributed by atoms with van der Waals surface area (Å²) < 4.78 is 1.92. The van der Waals surface area contributed by atoms with Gasteiger partial charge in [-0.05, 0) is 17.7 Å². The Kier molecular flexibility index (Phi) is 2.81. The van der Waals surface area contributed by atoms with Crippen molar-refractivity contribution in [3.8, 4) is 0 Å². The van der Waals surface area contributed by atoms with Gasteiger partial charge in [-0.1, -0.05) is 37.3 Å². The minimum absolute atomic E-state index is 0.851. The highest BCUT2D eigenvalue weighted by Crippen LogP contribution is 2.14. The topological polar surface area (TPSA) is 30.2 Å². The number of benzene rings is 1. The molecule has 0 aliphatic heterocycles. The maximum atomic E-state index is 4.65. The van der Waals surface area contributed by atoms with Gasteiger partial charge in [0.15, 0.2) is 0 Å². The van der Waals surface area contributed by atoms with Crippen molar-refractivity contribution in [2.45, 2.75) is 19.8 Å². The smallest absolute Gasteiger partial charge is 0.149 e. The molecule has 0 saturated heterocycles. The zero-order valence-electron chi connectivity index (χ0n) is 10.4. The molecule has 0 unspecified atom stereocenters. The average molecular weight is 237 g/mol. The first-order chi connectivity index (χ1) is 8.86. The molecule has 3 nitrogen and oxygen atoms in total. The van der Waals surface area contributed by atoms with Crippen molar-refractivity contribution in [1.82, 2.24) is 14.6 Å². The molecule has 0 bridgehead atoms. The Balaban J connectivity index is 2.07. The Morgan fingerprint density at radius 3 is 2.67 bits per heavy atom. The van der Waals surface area contributed by atoms with Crippen molar-refractivity contribution in [2.75, 3.05) is 0 Å². The third-order valence-corrected chi connectivity index (χ3v) is 3.04. The van der Waals surface area contributed by atoms with Gasteiger partial charge in [0, 0.05) is 19.0 Å². The summed E-state index contributed by atoms with van der Waals surface area (Å²) >= 11 is 0. The first kappa shape index (κ1) is 11.0. The summed E-state index contributed by atoms with van der Waals surface area (Å²) in [6, 6.07) is 14.5. The minimum Gasteiger partial charge on any atom is -0.237 e. The lowest BCUT2D eigenvalue weighted by atomic mass is 10.1. The van der Waals surface area contributed by atoms with Crippen LogP contribution in [-0.4, -0.2) is 14.6 Å². The van der Waals surface area contributed by atoms with Crippen molar-refractivity contribution in [3.63, 3.8) is 0 Å². The molecule has 0 aliphatic carbocycles. The van der Waals surface area contributed by atoms with E-state index in [0.717, 1.165) is 29.9 Å². The van der Waals surface area contributed by atoms with E-state index in [9.17, 15) is 0 Å². The maximum absolute atomic E-state index is 4.65. The number of aryl methyl sites for hydroxylation is 1. The van der Waals surface area contributed by atoms with Crippen LogP contribution in [0.2, 0.25) is 0 Å². The summed E-state index contributed by atoms with van der Waals surface area (Å²) in [4.78, 5) is 4.65. The fraction of sp³-hybridized carbons (Fsp3) is 0.200. The van der Waals surface area contributed by atoms with Gasteiger partial charge in [-0.3, -0.25) is 0 Å². The van der Waals surface area contributed by atoms with E-state index in [2.05, 4.69) is 47.3 Å². The molecule has 0 atom stereocenters. The first-order valence-electron chi connectivity index (χ1n) is 6.24. The second-order valence-corrected chi connectivity index (χ2v) is 4.33. The quantitative estimate of drug-likeness (QED) is 0.701. The molecule has 0 saturated carbocycles. The molecule has 2 heterocycles. The summed E-state index contributed by atoms with van der Waals surface area (Å²) in [5.41, 5.74) is 3.47. The van der Waals surface area contributed by atoms with Crippen molar-refractivity contribution in [3.05, 3.63) is 65.7 Å². The summed E-state index contributed by atoms with van der Waals surface area (Å²) in [6.45, 7) is 2.08. The van der Waals surface area contributed by atoms with Gasteiger partial charge in [0.1, 0.15) is 5.82 Å². The Bertz CT molecular complexity index is 656. The normalized spacial score (nSPS) is 10.9. The van der Waals surface area contributed by atoms with Crippen LogP contribution in [0.1, 0.15) is 24.0 Å². The summed E-state index contributed by atoms with van der Waals surface area (Å²) in [5.74, 6) is 0.893. The van der Waals surface area contributed by atoms with E-state index in [1.54, 1.807) is 0 Å². The SMILES string of the molecule is CCc1nc(Cc2ccccc2)c2cccn2n1.